The molecule has 0 aromatic heterocycles. The lowest BCUT2D eigenvalue weighted by Gasteiger charge is -2.30. The number of hydrogen-bond acceptors (Lipinski definition) is 3. The van der Waals surface area contributed by atoms with Crippen LogP contribution >= 0.6 is 0 Å². The Bertz CT molecular complexity index is 159. The summed E-state index contributed by atoms with van der Waals surface area (Å²) in [6, 6.07) is 0. The van der Waals surface area contributed by atoms with Crippen LogP contribution in [0.15, 0.2) is 0 Å². The first-order valence-corrected chi connectivity index (χ1v) is 5.10. The summed E-state index contributed by atoms with van der Waals surface area (Å²) in [4.78, 5) is 10.9. The number of hydrogen-bond donors (Lipinski definition) is 0. The lowest BCUT2D eigenvalue weighted by Crippen LogP contribution is -2.35. The van der Waals surface area contributed by atoms with Crippen molar-refractivity contribution in [1.29, 1.82) is 0 Å². The largest absolute Gasteiger partial charge is 0.348 e. The minimum Gasteiger partial charge on any atom is -0.348 e. The van der Waals surface area contributed by atoms with Crippen LogP contribution in [-0.4, -0.2) is 24.8 Å². The van der Waals surface area contributed by atoms with Crippen LogP contribution in [0.25, 0.3) is 0 Å². The molecule has 0 amide bonds. The molecule has 13 heavy (non-hydrogen) atoms. The highest BCUT2D eigenvalue weighted by atomic mass is 16.7. The first-order chi connectivity index (χ1) is 6.31. The first-order valence-electron chi connectivity index (χ1n) is 5.10. The van der Waals surface area contributed by atoms with Crippen LogP contribution in [-0.2, 0) is 14.3 Å². The average Bonchev–Trinajstić information content (AvgIpc) is 2.63. The van der Waals surface area contributed by atoms with Gasteiger partial charge in [0, 0.05) is 25.7 Å². The molecular formula is C10H18O3. The number of ether oxygens (including phenoxy) is 2. The normalized spacial score (nSPS) is 25.5. The predicted molar refractivity (Wildman–Crippen MR) is 49.5 cm³/mol. The zero-order chi connectivity index (χ0) is 9.73. The molecule has 1 spiro atoms. The second-order valence-corrected chi connectivity index (χ2v) is 3.15. The quantitative estimate of drug-likeness (QED) is 0.579. The average molecular weight is 186 g/mol. The number of rotatable bonds is 0. The summed E-state index contributed by atoms with van der Waals surface area (Å²) in [7, 11) is 0. The molecule has 3 heteroatoms. The van der Waals surface area contributed by atoms with Crippen molar-refractivity contribution in [1.82, 2.24) is 0 Å². The van der Waals surface area contributed by atoms with Gasteiger partial charge >= 0.3 is 0 Å². The van der Waals surface area contributed by atoms with Crippen molar-refractivity contribution in [2.75, 3.05) is 13.2 Å². The summed E-state index contributed by atoms with van der Waals surface area (Å²) in [6.07, 6.45) is 2.76. The van der Waals surface area contributed by atoms with Crippen molar-refractivity contribution in [3.8, 4) is 0 Å². The van der Waals surface area contributed by atoms with Crippen molar-refractivity contribution in [3.63, 3.8) is 0 Å². The molecule has 76 valence electrons. The molecule has 2 fully saturated rings. The van der Waals surface area contributed by atoms with Gasteiger partial charge in [0.1, 0.15) is 5.78 Å². The standard InChI is InChI=1S/C8H12O3.C2H6/c9-7-1-3-8(4-2-7)10-5-6-11-8;1-2/h1-6H2;1-2H3. The van der Waals surface area contributed by atoms with E-state index in [-0.39, 0.29) is 5.79 Å². The van der Waals surface area contributed by atoms with E-state index in [9.17, 15) is 4.79 Å². The van der Waals surface area contributed by atoms with E-state index in [0.29, 0.717) is 31.8 Å². The van der Waals surface area contributed by atoms with Gasteiger partial charge in [-0.05, 0) is 0 Å². The van der Waals surface area contributed by atoms with E-state index in [2.05, 4.69) is 0 Å². The monoisotopic (exact) mass is 186 g/mol. The molecule has 1 aliphatic carbocycles. The Morgan fingerprint density at radius 3 is 2.00 bits per heavy atom. The molecule has 1 heterocycles. The van der Waals surface area contributed by atoms with Gasteiger partial charge in [-0.1, -0.05) is 13.8 Å². The maximum atomic E-state index is 10.9. The Balaban J connectivity index is 0.000000396. The second kappa shape index (κ2) is 4.72. The van der Waals surface area contributed by atoms with E-state index in [1.165, 1.54) is 0 Å². The molecule has 1 aliphatic heterocycles. The third-order valence-electron chi connectivity index (χ3n) is 2.38. The van der Waals surface area contributed by atoms with Gasteiger partial charge < -0.3 is 9.47 Å². The Hall–Kier alpha value is -0.410. The van der Waals surface area contributed by atoms with E-state index in [1.54, 1.807) is 0 Å². The SMILES string of the molecule is CC.O=C1CCC2(CC1)OCCO2. The van der Waals surface area contributed by atoms with Crippen LogP contribution in [0.2, 0.25) is 0 Å². The summed E-state index contributed by atoms with van der Waals surface area (Å²) < 4.78 is 10.9. The number of carbonyl (C=O) groups excluding carboxylic acids is 1. The molecule has 0 radical (unpaired) electrons. The van der Waals surface area contributed by atoms with Crippen molar-refractivity contribution in [2.45, 2.75) is 45.3 Å². The topological polar surface area (TPSA) is 35.5 Å². The van der Waals surface area contributed by atoms with Crippen LogP contribution in [0.4, 0.5) is 0 Å². The van der Waals surface area contributed by atoms with Crippen LogP contribution < -0.4 is 0 Å². The van der Waals surface area contributed by atoms with Crippen LogP contribution in [0.1, 0.15) is 39.5 Å². The van der Waals surface area contributed by atoms with E-state index >= 15 is 0 Å². The fourth-order valence-electron chi connectivity index (χ4n) is 1.70. The van der Waals surface area contributed by atoms with Gasteiger partial charge in [0.05, 0.1) is 13.2 Å². The van der Waals surface area contributed by atoms with Gasteiger partial charge in [-0.25, -0.2) is 0 Å². The lowest BCUT2D eigenvalue weighted by atomic mass is 9.93. The van der Waals surface area contributed by atoms with Gasteiger partial charge in [-0.15, -0.1) is 0 Å². The number of Topliss-reactive ketones (excluding diaryl/α,β-unsaturated/α-hetero) is 1. The molecule has 0 aromatic rings. The number of carbonyl (C=O) groups is 1. The minimum absolute atomic E-state index is 0.342. The first kappa shape index (κ1) is 10.7. The van der Waals surface area contributed by atoms with Gasteiger partial charge in [0.2, 0.25) is 0 Å². The molecule has 3 nitrogen and oxygen atoms in total. The summed E-state index contributed by atoms with van der Waals surface area (Å²) in [6.45, 7) is 5.38. The predicted octanol–water partition coefficient (Wildman–Crippen LogP) is 1.90. The summed E-state index contributed by atoms with van der Waals surface area (Å²) in [5, 5.41) is 0. The third-order valence-corrected chi connectivity index (χ3v) is 2.38. The molecule has 2 aliphatic rings. The summed E-state index contributed by atoms with van der Waals surface area (Å²) >= 11 is 0. The maximum absolute atomic E-state index is 10.9. The maximum Gasteiger partial charge on any atom is 0.169 e. The van der Waals surface area contributed by atoms with Gasteiger partial charge in [-0.3, -0.25) is 4.79 Å². The molecular weight excluding hydrogens is 168 g/mol. The molecule has 0 unspecified atom stereocenters. The fraction of sp³-hybridized carbons (Fsp3) is 0.900. The van der Waals surface area contributed by atoms with E-state index in [1.807, 2.05) is 13.8 Å². The van der Waals surface area contributed by atoms with Crippen molar-refractivity contribution in [2.24, 2.45) is 0 Å². The Morgan fingerprint density at radius 2 is 1.54 bits per heavy atom. The van der Waals surface area contributed by atoms with Gasteiger partial charge in [-0.2, -0.15) is 0 Å². The zero-order valence-electron chi connectivity index (χ0n) is 8.47. The second-order valence-electron chi connectivity index (χ2n) is 3.15. The van der Waals surface area contributed by atoms with E-state index in [0.717, 1.165) is 12.8 Å². The van der Waals surface area contributed by atoms with Crippen LogP contribution in [0.3, 0.4) is 0 Å². The van der Waals surface area contributed by atoms with Crippen molar-refractivity contribution >= 4 is 5.78 Å². The molecule has 0 N–H and O–H groups in total. The summed E-state index contributed by atoms with van der Waals surface area (Å²) in [5.74, 6) is -0.0248. The lowest BCUT2D eigenvalue weighted by molar-refractivity contribution is -0.179. The van der Waals surface area contributed by atoms with Crippen LogP contribution in [0, 0.1) is 0 Å². The zero-order valence-corrected chi connectivity index (χ0v) is 8.47. The van der Waals surface area contributed by atoms with Gasteiger partial charge in [0.25, 0.3) is 0 Å². The molecule has 2 rings (SSSR count). The van der Waals surface area contributed by atoms with Gasteiger partial charge in [0.15, 0.2) is 5.79 Å². The van der Waals surface area contributed by atoms with Crippen molar-refractivity contribution < 1.29 is 14.3 Å². The molecule has 1 saturated carbocycles. The molecule has 0 bridgehead atoms. The van der Waals surface area contributed by atoms with Crippen molar-refractivity contribution in [3.05, 3.63) is 0 Å². The highest BCUT2D eigenvalue weighted by Gasteiger charge is 2.39. The highest BCUT2D eigenvalue weighted by Crippen LogP contribution is 2.33. The Kier molecular flexibility index (Phi) is 3.88. The minimum atomic E-state index is -0.367. The Labute approximate surface area is 79.4 Å². The van der Waals surface area contributed by atoms with E-state index in [4.69, 9.17) is 9.47 Å². The molecule has 0 atom stereocenters. The highest BCUT2D eigenvalue weighted by molar-refractivity contribution is 5.79. The van der Waals surface area contributed by atoms with Crippen LogP contribution in [0.5, 0.6) is 0 Å². The molecule has 1 saturated heterocycles. The van der Waals surface area contributed by atoms with E-state index < -0.39 is 0 Å². The third kappa shape index (κ3) is 2.51. The smallest absolute Gasteiger partial charge is 0.169 e. The Morgan fingerprint density at radius 1 is 1.08 bits per heavy atom. The fourth-order valence-corrected chi connectivity index (χ4v) is 1.70. The number of ketones is 1. The molecule has 0 aromatic carbocycles. The summed E-state index contributed by atoms with van der Waals surface area (Å²) in [5.41, 5.74) is 0.